The van der Waals surface area contributed by atoms with Gasteiger partial charge in [-0.1, -0.05) is 30.8 Å². The van der Waals surface area contributed by atoms with E-state index in [1.165, 1.54) is 11.1 Å². The average molecular weight is 294 g/mol. The van der Waals surface area contributed by atoms with E-state index in [9.17, 15) is 0 Å². The van der Waals surface area contributed by atoms with E-state index in [0.717, 1.165) is 35.4 Å². The minimum atomic E-state index is 0.478. The van der Waals surface area contributed by atoms with Crippen LogP contribution in [0.5, 0.6) is 5.75 Å². The molecule has 0 spiro atoms. The van der Waals surface area contributed by atoms with Gasteiger partial charge in [-0.15, -0.1) is 0 Å². The predicted molar refractivity (Wildman–Crippen MR) is 94.3 cm³/mol. The van der Waals surface area contributed by atoms with Gasteiger partial charge < -0.3 is 15.4 Å². The van der Waals surface area contributed by atoms with Crippen molar-refractivity contribution in [3.05, 3.63) is 54.3 Å². The summed E-state index contributed by atoms with van der Waals surface area (Å²) in [7, 11) is 0. The number of hydrogen-bond donors (Lipinski definition) is 1. The monoisotopic (exact) mass is 294 g/mol. The van der Waals surface area contributed by atoms with E-state index in [4.69, 9.17) is 10.5 Å². The number of rotatable bonds is 4. The van der Waals surface area contributed by atoms with Gasteiger partial charge in [-0.05, 0) is 31.6 Å². The quantitative estimate of drug-likeness (QED) is 0.928. The number of fused-ring (bicyclic) bond motifs is 3. The fourth-order valence-corrected chi connectivity index (χ4v) is 3.11. The summed E-state index contributed by atoms with van der Waals surface area (Å²) in [5, 5.41) is 2.32. The molecule has 0 radical (unpaired) electrons. The maximum absolute atomic E-state index is 5.94. The third-order valence-electron chi connectivity index (χ3n) is 4.21. The number of hydrogen-bond acceptors (Lipinski definition) is 3. The largest absolute Gasteiger partial charge is 0.457 e. The van der Waals surface area contributed by atoms with E-state index in [1.807, 2.05) is 12.1 Å². The van der Waals surface area contributed by atoms with Crippen LogP contribution in [0.2, 0.25) is 0 Å². The number of anilines is 1. The van der Waals surface area contributed by atoms with E-state index >= 15 is 0 Å². The summed E-state index contributed by atoms with van der Waals surface area (Å²) in [6.07, 6.45) is 1.93. The predicted octanol–water partition coefficient (Wildman–Crippen LogP) is 3.93. The summed E-state index contributed by atoms with van der Waals surface area (Å²) in [6.45, 7) is 10.7. The zero-order chi connectivity index (χ0) is 15.7. The van der Waals surface area contributed by atoms with Gasteiger partial charge in [0.15, 0.2) is 0 Å². The van der Waals surface area contributed by atoms with Gasteiger partial charge in [0.05, 0.1) is 0 Å². The Morgan fingerprint density at radius 3 is 2.45 bits per heavy atom. The van der Waals surface area contributed by atoms with Crippen LogP contribution < -0.4 is 15.4 Å². The lowest BCUT2D eigenvalue weighted by Crippen LogP contribution is -2.22. The molecule has 0 fully saturated rings. The number of allylic oxidation sites excluding steroid dienone is 1. The van der Waals surface area contributed by atoms with Crippen molar-refractivity contribution in [3.63, 3.8) is 0 Å². The molecule has 2 aromatic rings. The van der Waals surface area contributed by atoms with Gasteiger partial charge in [-0.25, -0.2) is 0 Å². The van der Waals surface area contributed by atoms with Gasteiger partial charge in [0.25, 0.3) is 0 Å². The van der Waals surface area contributed by atoms with Crippen LogP contribution in [0.25, 0.3) is 16.3 Å². The van der Waals surface area contributed by atoms with E-state index < -0.39 is 0 Å². The van der Waals surface area contributed by atoms with Crippen molar-refractivity contribution in [2.75, 3.05) is 24.5 Å². The third kappa shape index (κ3) is 2.28. The zero-order valence-corrected chi connectivity index (χ0v) is 13.2. The van der Waals surface area contributed by atoms with Crippen molar-refractivity contribution < 1.29 is 4.74 Å². The van der Waals surface area contributed by atoms with Gasteiger partial charge in [0.1, 0.15) is 11.5 Å². The molecule has 0 bridgehead atoms. The molecule has 2 aromatic carbocycles. The maximum Gasteiger partial charge on any atom is 0.142 e. The first-order valence-electron chi connectivity index (χ1n) is 7.78. The Labute approximate surface area is 131 Å². The molecule has 1 heterocycles. The lowest BCUT2D eigenvalue weighted by molar-refractivity contribution is 0.446. The Bertz CT molecular complexity index is 757. The number of nitrogens with zero attached hydrogens (tertiary/aromatic N) is 1. The van der Waals surface area contributed by atoms with Crippen LogP contribution in [-0.2, 0) is 0 Å². The molecule has 3 nitrogen and oxygen atoms in total. The fraction of sp³-hybridized carbons (Fsp3) is 0.263. The normalized spacial score (nSPS) is 13.6. The van der Waals surface area contributed by atoms with Gasteiger partial charge in [0.2, 0.25) is 0 Å². The van der Waals surface area contributed by atoms with Gasteiger partial charge in [0, 0.05) is 41.7 Å². The number of ether oxygens (including phenoxy) is 1. The lowest BCUT2D eigenvalue weighted by Gasteiger charge is -2.27. The van der Waals surface area contributed by atoms with Crippen LogP contribution in [0.15, 0.2) is 48.7 Å². The van der Waals surface area contributed by atoms with Crippen LogP contribution >= 0.6 is 0 Å². The van der Waals surface area contributed by atoms with Crippen LogP contribution in [-0.4, -0.2) is 19.6 Å². The molecular weight excluding hydrogens is 272 g/mol. The summed E-state index contributed by atoms with van der Waals surface area (Å²) in [4.78, 5) is 2.36. The molecule has 22 heavy (non-hydrogen) atoms. The highest BCUT2D eigenvalue weighted by Gasteiger charge is 2.21. The molecule has 114 valence electrons. The second-order valence-electron chi connectivity index (χ2n) is 5.43. The van der Waals surface area contributed by atoms with Crippen molar-refractivity contribution in [2.24, 2.45) is 5.73 Å². The topological polar surface area (TPSA) is 38.5 Å². The summed E-state index contributed by atoms with van der Waals surface area (Å²) in [5.74, 6) is 1.52. The molecule has 3 rings (SSSR count). The smallest absolute Gasteiger partial charge is 0.142 e. The fourth-order valence-electron chi connectivity index (χ4n) is 3.11. The summed E-state index contributed by atoms with van der Waals surface area (Å²) in [5.41, 5.74) is 9.32. The molecule has 0 aromatic heterocycles. The van der Waals surface area contributed by atoms with Crippen molar-refractivity contribution in [1.82, 2.24) is 0 Å². The van der Waals surface area contributed by atoms with Crippen molar-refractivity contribution in [2.45, 2.75) is 13.8 Å². The minimum absolute atomic E-state index is 0.478. The molecule has 0 unspecified atom stereocenters. The second kappa shape index (κ2) is 5.85. The first kappa shape index (κ1) is 14.7. The van der Waals surface area contributed by atoms with E-state index in [1.54, 1.807) is 0 Å². The molecule has 3 heteroatoms. The zero-order valence-electron chi connectivity index (χ0n) is 13.2. The molecule has 0 saturated carbocycles. The van der Waals surface area contributed by atoms with Crippen molar-refractivity contribution in [1.29, 1.82) is 0 Å². The summed E-state index contributed by atoms with van der Waals surface area (Å²) < 4.78 is 5.93. The molecule has 1 aliphatic heterocycles. The SMILES string of the molecule is C=C1C=C(CN)c2cc(N(CC)CC)c3ccccc3c2O1. The first-order chi connectivity index (χ1) is 10.7. The van der Waals surface area contributed by atoms with Crippen molar-refractivity contribution in [3.8, 4) is 5.75 Å². The third-order valence-corrected chi connectivity index (χ3v) is 4.21. The molecular formula is C19H22N2O. The second-order valence-corrected chi connectivity index (χ2v) is 5.43. The number of nitrogens with two attached hydrogens (primary N) is 1. The first-order valence-corrected chi connectivity index (χ1v) is 7.78. The van der Waals surface area contributed by atoms with Gasteiger partial charge >= 0.3 is 0 Å². The Kier molecular flexibility index (Phi) is 3.90. The molecule has 0 amide bonds. The molecule has 0 aliphatic carbocycles. The Morgan fingerprint density at radius 1 is 1.14 bits per heavy atom. The highest BCUT2D eigenvalue weighted by Crippen LogP contribution is 2.43. The van der Waals surface area contributed by atoms with E-state index in [2.05, 4.69) is 49.6 Å². The van der Waals surface area contributed by atoms with Crippen LogP contribution in [0.4, 0.5) is 5.69 Å². The highest BCUT2D eigenvalue weighted by atomic mass is 16.5. The lowest BCUT2D eigenvalue weighted by atomic mass is 9.95. The summed E-state index contributed by atoms with van der Waals surface area (Å²) >= 11 is 0. The Hall–Kier alpha value is -2.26. The van der Waals surface area contributed by atoms with Crippen LogP contribution in [0.1, 0.15) is 19.4 Å². The molecule has 1 aliphatic rings. The van der Waals surface area contributed by atoms with E-state index in [-0.39, 0.29) is 0 Å². The molecule has 0 saturated heterocycles. The standard InChI is InChI=1S/C19H22N2O/c1-4-21(5-2)18-11-17-14(12-20)10-13(3)22-19(17)16-9-7-6-8-15(16)18/h6-11H,3-5,12,20H2,1-2H3. The Morgan fingerprint density at radius 2 is 1.82 bits per heavy atom. The molecule has 0 atom stereocenters. The van der Waals surface area contributed by atoms with Gasteiger partial charge in [-0.3, -0.25) is 0 Å². The number of benzene rings is 2. The maximum atomic E-state index is 5.94. The summed E-state index contributed by atoms with van der Waals surface area (Å²) in [6, 6.07) is 10.6. The van der Waals surface area contributed by atoms with Crippen LogP contribution in [0.3, 0.4) is 0 Å². The minimum Gasteiger partial charge on any atom is -0.457 e. The van der Waals surface area contributed by atoms with Crippen molar-refractivity contribution >= 4 is 22.0 Å². The average Bonchev–Trinajstić information content (AvgIpc) is 2.55. The Balaban J connectivity index is 2.35. The van der Waals surface area contributed by atoms with E-state index in [0.29, 0.717) is 12.3 Å². The van der Waals surface area contributed by atoms with Gasteiger partial charge in [-0.2, -0.15) is 0 Å². The van der Waals surface area contributed by atoms with Crippen LogP contribution in [0, 0.1) is 0 Å². The highest BCUT2D eigenvalue weighted by molar-refractivity contribution is 6.03. The molecule has 2 N–H and O–H groups in total.